The molecule has 0 saturated carbocycles. The lowest BCUT2D eigenvalue weighted by Crippen LogP contribution is -2.48. The number of H-pyrrole nitrogens is 1. The summed E-state index contributed by atoms with van der Waals surface area (Å²) >= 11 is 0. The fraction of sp³-hybridized carbons (Fsp3) is 0.522. The van der Waals surface area contributed by atoms with E-state index < -0.39 is 17.0 Å². The Morgan fingerprint density at radius 1 is 1.20 bits per heavy atom. The number of hydrogen-bond acceptors (Lipinski definition) is 4. The van der Waals surface area contributed by atoms with Crippen LogP contribution in [0.3, 0.4) is 0 Å². The number of fused-ring (bicyclic) bond motifs is 1. The summed E-state index contributed by atoms with van der Waals surface area (Å²) in [7, 11) is 0. The molecule has 1 aliphatic heterocycles. The lowest BCUT2D eigenvalue weighted by atomic mass is 9.68. The first-order valence-electron chi connectivity index (χ1n) is 10.7. The monoisotopic (exact) mass is 415 g/mol. The first-order valence-corrected chi connectivity index (χ1v) is 10.7. The number of carbonyl (C=O) groups is 1. The molecule has 1 fully saturated rings. The van der Waals surface area contributed by atoms with Gasteiger partial charge in [-0.25, -0.2) is 13.8 Å². The molecule has 0 amide bonds. The lowest BCUT2D eigenvalue weighted by molar-refractivity contribution is -0.123. The van der Waals surface area contributed by atoms with E-state index in [1.165, 1.54) is 13.0 Å². The van der Waals surface area contributed by atoms with Gasteiger partial charge >= 0.3 is 0 Å². The van der Waals surface area contributed by atoms with E-state index >= 15 is 0 Å². The maximum atomic E-state index is 14.9. The van der Waals surface area contributed by atoms with Gasteiger partial charge in [-0.15, -0.1) is 0 Å². The van der Waals surface area contributed by atoms with Gasteiger partial charge in [-0.3, -0.25) is 14.6 Å². The molecule has 0 spiro atoms. The number of aromatic nitrogens is 2. The SMILES string of the molecule is CCc1cc(F)cc(F)c1C1(C(C)=O)CCN(c2nc3c(c(=O)[nH]2)CCCC3)CC1. The van der Waals surface area contributed by atoms with Crippen LogP contribution in [-0.4, -0.2) is 28.8 Å². The van der Waals surface area contributed by atoms with E-state index in [9.17, 15) is 18.4 Å². The number of benzene rings is 1. The number of nitrogens with zero attached hydrogens (tertiary/aromatic N) is 2. The van der Waals surface area contributed by atoms with Crippen molar-refractivity contribution in [3.05, 3.63) is 56.5 Å². The summed E-state index contributed by atoms with van der Waals surface area (Å²) in [5.41, 5.74) is 1.42. The summed E-state index contributed by atoms with van der Waals surface area (Å²) in [4.78, 5) is 34.8. The minimum Gasteiger partial charge on any atom is -0.342 e. The molecule has 7 heteroatoms. The van der Waals surface area contributed by atoms with Crippen LogP contribution < -0.4 is 10.5 Å². The fourth-order valence-corrected chi connectivity index (χ4v) is 5.06. The third-order valence-electron chi connectivity index (χ3n) is 6.77. The van der Waals surface area contributed by atoms with Crippen LogP contribution in [0.2, 0.25) is 0 Å². The van der Waals surface area contributed by atoms with Gasteiger partial charge in [0.2, 0.25) is 5.95 Å². The third-order valence-corrected chi connectivity index (χ3v) is 6.77. The zero-order valence-electron chi connectivity index (χ0n) is 17.5. The van der Waals surface area contributed by atoms with E-state index in [-0.39, 0.29) is 11.3 Å². The number of anilines is 1. The number of aryl methyl sites for hydroxylation is 2. The third kappa shape index (κ3) is 3.44. The van der Waals surface area contributed by atoms with Gasteiger partial charge in [0.1, 0.15) is 17.4 Å². The van der Waals surface area contributed by atoms with Crippen molar-refractivity contribution in [1.82, 2.24) is 9.97 Å². The smallest absolute Gasteiger partial charge is 0.255 e. The molecule has 1 aromatic heterocycles. The Balaban J connectivity index is 1.66. The average Bonchev–Trinajstić information content (AvgIpc) is 2.73. The molecular weight excluding hydrogens is 388 g/mol. The largest absolute Gasteiger partial charge is 0.342 e. The summed E-state index contributed by atoms with van der Waals surface area (Å²) in [6, 6.07) is 2.20. The first kappa shape index (κ1) is 20.7. The summed E-state index contributed by atoms with van der Waals surface area (Å²) in [6.07, 6.45) is 4.82. The predicted octanol–water partition coefficient (Wildman–Crippen LogP) is 3.62. The molecule has 2 heterocycles. The number of carbonyl (C=O) groups excluding carboxylic acids is 1. The maximum absolute atomic E-state index is 14.9. The Bertz CT molecular complexity index is 1040. The number of piperidine rings is 1. The molecule has 0 unspecified atom stereocenters. The van der Waals surface area contributed by atoms with Crippen molar-refractivity contribution in [2.75, 3.05) is 18.0 Å². The van der Waals surface area contributed by atoms with Crippen LogP contribution in [0.5, 0.6) is 0 Å². The predicted molar refractivity (Wildman–Crippen MR) is 111 cm³/mol. The molecule has 2 aliphatic rings. The van der Waals surface area contributed by atoms with Crippen molar-refractivity contribution in [1.29, 1.82) is 0 Å². The highest BCUT2D eigenvalue weighted by molar-refractivity contribution is 5.89. The van der Waals surface area contributed by atoms with Crippen LogP contribution in [0.1, 0.15) is 61.9 Å². The highest BCUT2D eigenvalue weighted by Crippen LogP contribution is 2.41. The van der Waals surface area contributed by atoms with Crippen molar-refractivity contribution < 1.29 is 13.6 Å². The van der Waals surface area contributed by atoms with Crippen molar-refractivity contribution in [3.63, 3.8) is 0 Å². The van der Waals surface area contributed by atoms with Gasteiger partial charge in [-0.1, -0.05) is 6.92 Å². The van der Waals surface area contributed by atoms with E-state index in [2.05, 4.69) is 9.97 Å². The summed E-state index contributed by atoms with van der Waals surface area (Å²) in [5.74, 6) is -0.877. The van der Waals surface area contributed by atoms with Crippen LogP contribution in [0, 0.1) is 11.6 Å². The molecule has 0 radical (unpaired) electrons. The highest BCUT2D eigenvalue weighted by atomic mass is 19.1. The summed E-state index contributed by atoms with van der Waals surface area (Å²) in [5, 5.41) is 0. The normalized spacial score (nSPS) is 18.2. The molecule has 0 bridgehead atoms. The quantitative estimate of drug-likeness (QED) is 0.828. The number of aromatic amines is 1. The number of halogens is 2. The zero-order valence-corrected chi connectivity index (χ0v) is 17.5. The molecule has 0 atom stereocenters. The molecule has 160 valence electrons. The number of ketones is 1. The Morgan fingerprint density at radius 2 is 1.90 bits per heavy atom. The van der Waals surface area contributed by atoms with Crippen LogP contribution in [0.15, 0.2) is 16.9 Å². The summed E-state index contributed by atoms with van der Waals surface area (Å²) < 4.78 is 28.7. The Hall–Kier alpha value is -2.57. The lowest BCUT2D eigenvalue weighted by Gasteiger charge is -2.42. The van der Waals surface area contributed by atoms with Gasteiger partial charge in [0.15, 0.2) is 0 Å². The van der Waals surface area contributed by atoms with Crippen LogP contribution in [0.25, 0.3) is 0 Å². The number of hydrogen-bond donors (Lipinski definition) is 1. The van der Waals surface area contributed by atoms with Crippen molar-refractivity contribution in [2.45, 2.75) is 64.2 Å². The van der Waals surface area contributed by atoms with E-state index in [1.807, 2.05) is 11.8 Å². The average molecular weight is 415 g/mol. The van der Waals surface area contributed by atoms with Crippen molar-refractivity contribution in [3.8, 4) is 0 Å². The number of rotatable bonds is 4. The molecular formula is C23H27F2N3O2. The van der Waals surface area contributed by atoms with Crippen LogP contribution in [0.4, 0.5) is 14.7 Å². The van der Waals surface area contributed by atoms with Crippen LogP contribution in [-0.2, 0) is 29.5 Å². The van der Waals surface area contributed by atoms with Gasteiger partial charge in [0.05, 0.1) is 11.1 Å². The number of Topliss-reactive ketones (excluding diaryl/α,β-unsaturated/α-hetero) is 1. The van der Waals surface area contributed by atoms with E-state index in [0.717, 1.165) is 43.0 Å². The van der Waals surface area contributed by atoms with E-state index in [4.69, 9.17) is 0 Å². The van der Waals surface area contributed by atoms with E-state index in [1.54, 1.807) is 0 Å². The van der Waals surface area contributed by atoms with Crippen molar-refractivity contribution >= 4 is 11.7 Å². The molecule has 1 aromatic carbocycles. The van der Waals surface area contributed by atoms with Gasteiger partial charge in [-0.2, -0.15) is 0 Å². The van der Waals surface area contributed by atoms with Gasteiger partial charge < -0.3 is 4.90 Å². The van der Waals surface area contributed by atoms with E-state index in [0.29, 0.717) is 49.4 Å². The Kier molecular flexibility index (Phi) is 5.47. The molecule has 2 aromatic rings. The Labute approximate surface area is 174 Å². The maximum Gasteiger partial charge on any atom is 0.255 e. The van der Waals surface area contributed by atoms with Gasteiger partial charge in [0.25, 0.3) is 5.56 Å². The minimum absolute atomic E-state index is 0.0871. The van der Waals surface area contributed by atoms with Gasteiger partial charge in [0, 0.05) is 30.3 Å². The minimum atomic E-state index is -0.992. The highest BCUT2D eigenvalue weighted by Gasteiger charge is 2.44. The first-order chi connectivity index (χ1) is 14.4. The van der Waals surface area contributed by atoms with Gasteiger partial charge in [-0.05, 0) is 63.5 Å². The molecule has 4 rings (SSSR count). The number of nitrogens with one attached hydrogen (secondary N) is 1. The van der Waals surface area contributed by atoms with Crippen molar-refractivity contribution in [2.24, 2.45) is 0 Å². The second-order valence-electron chi connectivity index (χ2n) is 8.42. The summed E-state index contributed by atoms with van der Waals surface area (Å²) in [6.45, 7) is 4.24. The van der Waals surface area contributed by atoms with Crippen LogP contribution >= 0.6 is 0 Å². The molecule has 1 aliphatic carbocycles. The zero-order chi connectivity index (χ0) is 21.5. The topological polar surface area (TPSA) is 66.1 Å². The second kappa shape index (κ2) is 7.93. The molecule has 1 N–H and O–H groups in total. The molecule has 5 nitrogen and oxygen atoms in total. The molecule has 1 saturated heterocycles. The fourth-order valence-electron chi connectivity index (χ4n) is 5.06. The second-order valence-corrected chi connectivity index (χ2v) is 8.42. The Morgan fingerprint density at radius 3 is 2.57 bits per heavy atom. The molecule has 30 heavy (non-hydrogen) atoms. The standard InChI is InChI=1S/C23H27F2N3O2/c1-3-15-12-16(24)13-18(25)20(15)23(14(2)29)8-10-28(11-9-23)22-26-19-7-5-4-6-17(19)21(30)27-22/h12-13H,3-11H2,1-2H3,(H,26,27,30).